The summed E-state index contributed by atoms with van der Waals surface area (Å²) in [6.07, 6.45) is 4.69. The van der Waals surface area contributed by atoms with Crippen LogP contribution in [0.5, 0.6) is 5.75 Å². The number of ether oxygens (including phenoxy) is 1. The van der Waals surface area contributed by atoms with Crippen molar-refractivity contribution in [1.82, 2.24) is 5.32 Å². The average molecular weight is 306 g/mol. The fraction of sp³-hybridized carbons (Fsp3) is 0.350. The van der Waals surface area contributed by atoms with Crippen LogP contribution in [0.4, 0.5) is 0 Å². The van der Waals surface area contributed by atoms with Crippen LogP contribution in [0.15, 0.2) is 54.6 Å². The molecule has 3 nitrogen and oxygen atoms in total. The lowest BCUT2D eigenvalue weighted by atomic mass is 9.95. The molecule has 2 aromatic carbocycles. The molecule has 1 N–H and O–H groups in total. The van der Waals surface area contributed by atoms with E-state index >= 15 is 0 Å². The summed E-state index contributed by atoms with van der Waals surface area (Å²) in [5.41, 5.74) is 1.81. The zero-order chi connectivity index (χ0) is 15.9. The zero-order valence-corrected chi connectivity index (χ0v) is 13.2. The summed E-state index contributed by atoms with van der Waals surface area (Å²) in [5, 5.41) is 12.7. The third kappa shape index (κ3) is 4.34. The van der Waals surface area contributed by atoms with Crippen molar-refractivity contribution in [3.05, 3.63) is 65.7 Å². The molecule has 3 heteroatoms. The van der Waals surface area contributed by atoms with E-state index in [0.717, 1.165) is 18.7 Å². The number of nitriles is 1. The Bertz CT molecular complexity index is 657. The molecule has 0 saturated carbocycles. The van der Waals surface area contributed by atoms with E-state index in [1.807, 2.05) is 36.4 Å². The van der Waals surface area contributed by atoms with Crippen LogP contribution in [0.3, 0.4) is 0 Å². The summed E-state index contributed by atoms with van der Waals surface area (Å²) >= 11 is 0. The Hall–Kier alpha value is -2.31. The van der Waals surface area contributed by atoms with Gasteiger partial charge in [-0.05, 0) is 43.1 Å². The lowest BCUT2D eigenvalue weighted by molar-refractivity contribution is 0.169. The molecule has 0 spiro atoms. The molecule has 2 unspecified atom stereocenters. The Morgan fingerprint density at radius 1 is 1.13 bits per heavy atom. The highest BCUT2D eigenvalue weighted by atomic mass is 16.5. The Balaban J connectivity index is 1.78. The van der Waals surface area contributed by atoms with Crippen molar-refractivity contribution in [1.29, 1.82) is 5.26 Å². The largest absolute Gasteiger partial charge is 0.486 e. The van der Waals surface area contributed by atoms with Gasteiger partial charge in [0.1, 0.15) is 11.9 Å². The fourth-order valence-corrected chi connectivity index (χ4v) is 3.11. The topological polar surface area (TPSA) is 45.0 Å². The van der Waals surface area contributed by atoms with Gasteiger partial charge in [-0.3, -0.25) is 0 Å². The van der Waals surface area contributed by atoms with Gasteiger partial charge < -0.3 is 10.1 Å². The number of hydrogen-bond acceptors (Lipinski definition) is 3. The van der Waals surface area contributed by atoms with Crippen LogP contribution in [-0.4, -0.2) is 12.6 Å². The number of piperidine rings is 1. The van der Waals surface area contributed by atoms with Crippen LogP contribution in [0.25, 0.3) is 0 Å². The van der Waals surface area contributed by atoms with E-state index in [1.165, 1.54) is 24.8 Å². The van der Waals surface area contributed by atoms with E-state index in [0.29, 0.717) is 11.6 Å². The van der Waals surface area contributed by atoms with Gasteiger partial charge in [-0.25, -0.2) is 0 Å². The Labute approximate surface area is 137 Å². The van der Waals surface area contributed by atoms with E-state index in [9.17, 15) is 0 Å². The molecule has 0 amide bonds. The Kier molecular flexibility index (Phi) is 5.29. The van der Waals surface area contributed by atoms with Gasteiger partial charge in [0.15, 0.2) is 0 Å². The van der Waals surface area contributed by atoms with Gasteiger partial charge >= 0.3 is 0 Å². The van der Waals surface area contributed by atoms with Crippen molar-refractivity contribution < 1.29 is 4.74 Å². The minimum absolute atomic E-state index is 0.000688. The molecule has 118 valence electrons. The Morgan fingerprint density at radius 2 is 2.00 bits per heavy atom. The highest BCUT2D eigenvalue weighted by Gasteiger charge is 2.21. The van der Waals surface area contributed by atoms with Crippen molar-refractivity contribution in [3.63, 3.8) is 0 Å². The van der Waals surface area contributed by atoms with Crippen molar-refractivity contribution in [2.24, 2.45) is 0 Å². The van der Waals surface area contributed by atoms with Crippen LogP contribution in [0.1, 0.15) is 42.9 Å². The number of nitrogens with zero attached hydrogens (tertiary/aromatic N) is 1. The molecular weight excluding hydrogens is 284 g/mol. The number of hydrogen-bond donors (Lipinski definition) is 1. The van der Waals surface area contributed by atoms with Crippen LogP contribution in [-0.2, 0) is 0 Å². The van der Waals surface area contributed by atoms with Crippen LogP contribution >= 0.6 is 0 Å². The van der Waals surface area contributed by atoms with Gasteiger partial charge in [-0.15, -0.1) is 0 Å². The second-order valence-electron chi connectivity index (χ2n) is 6.04. The number of nitrogens with one attached hydrogen (secondary N) is 1. The molecule has 2 aromatic rings. The van der Waals surface area contributed by atoms with E-state index in [4.69, 9.17) is 10.00 Å². The quantitative estimate of drug-likeness (QED) is 0.900. The number of rotatable bonds is 5. The molecule has 0 aliphatic carbocycles. The van der Waals surface area contributed by atoms with Crippen molar-refractivity contribution in [2.45, 2.75) is 37.8 Å². The molecule has 3 rings (SSSR count). The van der Waals surface area contributed by atoms with Crippen LogP contribution in [0, 0.1) is 11.3 Å². The summed E-state index contributed by atoms with van der Waals surface area (Å²) in [6.45, 7) is 1.09. The zero-order valence-electron chi connectivity index (χ0n) is 13.2. The normalized spacial score (nSPS) is 18.8. The maximum atomic E-state index is 9.06. The first-order valence-electron chi connectivity index (χ1n) is 8.30. The molecule has 23 heavy (non-hydrogen) atoms. The molecular formula is C20H22N2O. The van der Waals surface area contributed by atoms with Crippen LogP contribution in [0.2, 0.25) is 0 Å². The minimum Gasteiger partial charge on any atom is -0.486 e. The van der Waals surface area contributed by atoms with Crippen molar-refractivity contribution in [2.75, 3.05) is 6.54 Å². The molecule has 0 aromatic heterocycles. The highest BCUT2D eigenvalue weighted by Crippen LogP contribution is 2.28. The first kappa shape index (κ1) is 15.6. The predicted molar refractivity (Wildman–Crippen MR) is 91.2 cm³/mol. The SMILES string of the molecule is N#Cc1cccc(OC(CC2CCCCN2)c2ccccc2)c1. The molecule has 0 bridgehead atoms. The molecule has 0 radical (unpaired) electrons. The van der Waals surface area contributed by atoms with Gasteiger partial charge in [0.05, 0.1) is 11.6 Å². The van der Waals surface area contributed by atoms with Crippen LogP contribution < -0.4 is 10.1 Å². The minimum atomic E-state index is 0.000688. The molecule has 2 atom stereocenters. The molecule has 1 fully saturated rings. The predicted octanol–water partition coefficient (Wildman–Crippen LogP) is 4.21. The van der Waals surface area contributed by atoms with Gasteiger partial charge in [-0.1, -0.05) is 42.8 Å². The highest BCUT2D eigenvalue weighted by molar-refractivity contribution is 5.36. The smallest absolute Gasteiger partial charge is 0.125 e. The van der Waals surface area contributed by atoms with Crippen molar-refractivity contribution in [3.8, 4) is 11.8 Å². The molecule has 1 aliphatic rings. The number of benzene rings is 2. The average Bonchev–Trinajstić information content (AvgIpc) is 2.63. The third-order valence-electron chi connectivity index (χ3n) is 4.32. The lowest BCUT2D eigenvalue weighted by Gasteiger charge is -2.28. The standard InChI is InChI=1S/C20H22N2O/c21-15-16-7-6-11-19(13-16)23-20(17-8-2-1-3-9-17)14-18-10-4-5-12-22-18/h1-3,6-9,11,13,18,20,22H,4-5,10,12,14H2. The summed E-state index contributed by atoms with van der Waals surface area (Å²) in [6, 6.07) is 20.4. The van der Waals surface area contributed by atoms with E-state index < -0.39 is 0 Å². The van der Waals surface area contributed by atoms with E-state index in [2.05, 4.69) is 23.5 Å². The molecule has 1 saturated heterocycles. The first-order valence-corrected chi connectivity index (χ1v) is 8.30. The van der Waals surface area contributed by atoms with Gasteiger partial charge in [0.25, 0.3) is 0 Å². The van der Waals surface area contributed by atoms with Gasteiger partial charge in [0.2, 0.25) is 0 Å². The van der Waals surface area contributed by atoms with Gasteiger partial charge in [-0.2, -0.15) is 5.26 Å². The third-order valence-corrected chi connectivity index (χ3v) is 4.32. The maximum Gasteiger partial charge on any atom is 0.125 e. The molecule has 1 heterocycles. The summed E-state index contributed by atoms with van der Waals surface area (Å²) in [7, 11) is 0. The Morgan fingerprint density at radius 3 is 2.74 bits per heavy atom. The fourth-order valence-electron chi connectivity index (χ4n) is 3.11. The van der Waals surface area contributed by atoms with E-state index in [1.54, 1.807) is 6.07 Å². The summed E-state index contributed by atoms with van der Waals surface area (Å²) in [4.78, 5) is 0. The summed E-state index contributed by atoms with van der Waals surface area (Å²) in [5.74, 6) is 0.758. The monoisotopic (exact) mass is 306 g/mol. The van der Waals surface area contributed by atoms with Gasteiger partial charge in [0, 0.05) is 12.5 Å². The van der Waals surface area contributed by atoms with E-state index in [-0.39, 0.29) is 6.10 Å². The second kappa shape index (κ2) is 7.80. The second-order valence-corrected chi connectivity index (χ2v) is 6.04. The maximum absolute atomic E-state index is 9.06. The summed E-state index contributed by atoms with van der Waals surface area (Å²) < 4.78 is 6.25. The van der Waals surface area contributed by atoms with Crippen molar-refractivity contribution >= 4 is 0 Å². The lowest BCUT2D eigenvalue weighted by Crippen LogP contribution is -2.36. The molecule has 1 aliphatic heterocycles. The first-order chi connectivity index (χ1) is 11.3.